The number of methoxy groups -OCH3 is 2. The normalized spacial score (nSPS) is 11.7. The molecule has 0 amide bonds. The van der Waals surface area contributed by atoms with E-state index in [4.69, 9.17) is 14.2 Å². The third kappa shape index (κ3) is 5.73. The summed E-state index contributed by atoms with van der Waals surface area (Å²) in [7, 11) is 3.14. The summed E-state index contributed by atoms with van der Waals surface area (Å²) in [4.78, 5) is 12.2. The van der Waals surface area contributed by atoms with Gasteiger partial charge in [0.1, 0.15) is 11.5 Å². The van der Waals surface area contributed by atoms with Gasteiger partial charge in [0, 0.05) is 13.2 Å². The Labute approximate surface area is 157 Å². The van der Waals surface area contributed by atoms with Crippen molar-refractivity contribution in [1.29, 1.82) is 0 Å². The van der Waals surface area contributed by atoms with Crippen molar-refractivity contribution < 1.29 is 19.0 Å². The lowest BCUT2D eigenvalue weighted by Gasteiger charge is -2.22. The molecule has 1 aromatic rings. The highest BCUT2D eigenvalue weighted by Gasteiger charge is 2.22. The third-order valence-corrected chi connectivity index (χ3v) is 4.50. The van der Waals surface area contributed by atoms with Crippen molar-refractivity contribution in [2.75, 3.05) is 21.0 Å². The molecule has 0 aliphatic carbocycles. The maximum absolute atomic E-state index is 12.2. The van der Waals surface area contributed by atoms with Gasteiger partial charge in [-0.05, 0) is 64.5 Å². The first-order chi connectivity index (χ1) is 12.2. The molecule has 26 heavy (non-hydrogen) atoms. The Morgan fingerprint density at radius 3 is 2.31 bits per heavy atom. The molecule has 0 aliphatic heterocycles. The first-order valence-electron chi connectivity index (χ1n) is 8.84. The van der Waals surface area contributed by atoms with Crippen LogP contribution >= 0.6 is 0 Å². The van der Waals surface area contributed by atoms with E-state index >= 15 is 0 Å². The summed E-state index contributed by atoms with van der Waals surface area (Å²) >= 11 is 0. The van der Waals surface area contributed by atoms with E-state index in [1.54, 1.807) is 27.2 Å². The fourth-order valence-corrected chi connectivity index (χ4v) is 2.99. The lowest BCUT2D eigenvalue weighted by Crippen LogP contribution is -2.13. The number of Topliss-reactive ketones (excluding diaryl/α,β-unsaturated/α-hetero) is 1. The maximum atomic E-state index is 12.2. The molecule has 0 saturated carbocycles. The van der Waals surface area contributed by atoms with Crippen LogP contribution in [-0.2, 0) is 11.2 Å². The van der Waals surface area contributed by atoms with Crippen molar-refractivity contribution in [2.45, 2.75) is 47.5 Å². The van der Waals surface area contributed by atoms with Crippen molar-refractivity contribution in [1.82, 2.24) is 0 Å². The molecule has 144 valence electrons. The van der Waals surface area contributed by atoms with E-state index in [9.17, 15) is 4.79 Å². The van der Waals surface area contributed by atoms with Gasteiger partial charge in [0.25, 0.3) is 0 Å². The summed E-state index contributed by atoms with van der Waals surface area (Å²) in [6.45, 7) is 14.0. The molecule has 1 atom stereocenters. The topological polar surface area (TPSA) is 44.8 Å². The molecular formula is C22H32O4. The Balaban J connectivity index is 3.44. The summed E-state index contributed by atoms with van der Waals surface area (Å²) in [5, 5.41) is 0. The molecule has 0 aliphatic rings. The molecule has 0 saturated heterocycles. The zero-order valence-electron chi connectivity index (χ0n) is 17.2. The third-order valence-electron chi connectivity index (χ3n) is 4.50. The van der Waals surface area contributed by atoms with Gasteiger partial charge in [-0.25, -0.2) is 0 Å². The molecule has 4 heteroatoms. The summed E-state index contributed by atoms with van der Waals surface area (Å²) in [5.41, 5.74) is 4.90. The van der Waals surface area contributed by atoms with Crippen LogP contribution < -0.4 is 9.47 Å². The lowest BCUT2D eigenvalue weighted by molar-refractivity contribution is 0.0501. The number of allylic oxidation sites excluding steroid dienone is 3. The zero-order valence-corrected chi connectivity index (χ0v) is 17.2. The molecule has 0 fully saturated rings. The van der Waals surface area contributed by atoms with Crippen LogP contribution in [0.1, 0.15) is 55.6 Å². The van der Waals surface area contributed by atoms with Gasteiger partial charge >= 0.3 is 0 Å². The maximum Gasteiger partial charge on any atom is 0.188 e. The quantitative estimate of drug-likeness (QED) is 0.323. The number of carbonyl (C=O) groups is 1. The molecule has 0 bridgehead atoms. The van der Waals surface area contributed by atoms with Crippen molar-refractivity contribution in [3.05, 3.63) is 46.6 Å². The Morgan fingerprint density at radius 2 is 1.85 bits per heavy atom. The first kappa shape index (κ1) is 22.0. The van der Waals surface area contributed by atoms with Crippen molar-refractivity contribution >= 4 is 5.78 Å². The van der Waals surface area contributed by atoms with Gasteiger partial charge < -0.3 is 14.2 Å². The van der Waals surface area contributed by atoms with E-state index in [1.165, 1.54) is 5.57 Å². The molecule has 0 aromatic heterocycles. The summed E-state index contributed by atoms with van der Waals surface area (Å²) < 4.78 is 16.3. The number of benzene rings is 1. The smallest absolute Gasteiger partial charge is 0.188 e. The summed E-state index contributed by atoms with van der Waals surface area (Å²) in [5.74, 6) is 1.47. The number of ketones is 1. The minimum Gasteiger partial charge on any atom is -0.496 e. The molecule has 1 unspecified atom stereocenters. The van der Waals surface area contributed by atoms with E-state index < -0.39 is 0 Å². The van der Waals surface area contributed by atoms with Gasteiger partial charge in [0.05, 0.1) is 12.7 Å². The molecule has 0 radical (unpaired) electrons. The Bertz CT molecular complexity index is 682. The van der Waals surface area contributed by atoms with Gasteiger partial charge in [-0.2, -0.15) is 0 Å². The number of ether oxygens (including phenoxy) is 3. The van der Waals surface area contributed by atoms with E-state index in [0.29, 0.717) is 17.1 Å². The molecule has 0 heterocycles. The van der Waals surface area contributed by atoms with Crippen LogP contribution in [0.15, 0.2) is 29.9 Å². The van der Waals surface area contributed by atoms with Gasteiger partial charge in [-0.15, -0.1) is 0 Å². The molecule has 1 aromatic carbocycles. The van der Waals surface area contributed by atoms with E-state index in [0.717, 1.165) is 29.5 Å². The average molecular weight is 360 g/mol. The van der Waals surface area contributed by atoms with E-state index in [1.807, 2.05) is 13.8 Å². The fourth-order valence-electron chi connectivity index (χ4n) is 2.99. The largest absolute Gasteiger partial charge is 0.496 e. The van der Waals surface area contributed by atoms with Crippen LogP contribution in [0.2, 0.25) is 0 Å². The Hall–Kier alpha value is -2.07. The SMILES string of the molecule is C=C(C)C(CC=C(C)C)Cc1c(OCOC)cc(OC)c(C(C)=O)c1C. The molecule has 0 spiro atoms. The van der Waals surface area contributed by atoms with Gasteiger partial charge in [-0.3, -0.25) is 4.79 Å². The van der Waals surface area contributed by atoms with Crippen molar-refractivity contribution in [2.24, 2.45) is 5.92 Å². The number of rotatable bonds is 10. The highest BCUT2D eigenvalue weighted by atomic mass is 16.7. The van der Waals surface area contributed by atoms with Crippen LogP contribution in [0.3, 0.4) is 0 Å². The van der Waals surface area contributed by atoms with Crippen molar-refractivity contribution in [3.8, 4) is 11.5 Å². The highest BCUT2D eigenvalue weighted by molar-refractivity contribution is 5.99. The number of carbonyl (C=O) groups excluding carboxylic acids is 1. The van der Waals surface area contributed by atoms with Crippen LogP contribution in [-0.4, -0.2) is 26.8 Å². The van der Waals surface area contributed by atoms with Gasteiger partial charge in [-0.1, -0.05) is 23.8 Å². The minimum atomic E-state index is -0.0185. The van der Waals surface area contributed by atoms with Crippen LogP contribution in [0, 0.1) is 12.8 Å². The van der Waals surface area contributed by atoms with E-state index in [-0.39, 0.29) is 18.5 Å². The molecule has 4 nitrogen and oxygen atoms in total. The zero-order chi connectivity index (χ0) is 19.9. The van der Waals surface area contributed by atoms with Gasteiger partial charge in [0.2, 0.25) is 0 Å². The van der Waals surface area contributed by atoms with Crippen molar-refractivity contribution in [3.63, 3.8) is 0 Å². The number of hydrogen-bond acceptors (Lipinski definition) is 4. The standard InChI is InChI=1S/C22H32O4/c1-14(2)9-10-18(15(3)4)11-19-16(5)22(17(6)23)21(25-8)12-20(19)26-13-24-7/h9,12,18H,3,10-11,13H2,1-2,4-8H3. The van der Waals surface area contributed by atoms with Crippen LogP contribution in [0.4, 0.5) is 0 Å². The highest BCUT2D eigenvalue weighted by Crippen LogP contribution is 2.36. The monoisotopic (exact) mass is 360 g/mol. The predicted octanol–water partition coefficient (Wildman–Crippen LogP) is 5.28. The summed E-state index contributed by atoms with van der Waals surface area (Å²) in [6, 6.07) is 1.79. The molecular weight excluding hydrogens is 328 g/mol. The Kier molecular flexibility index (Phi) is 8.59. The lowest BCUT2D eigenvalue weighted by atomic mass is 9.86. The molecule has 0 N–H and O–H groups in total. The number of hydrogen-bond donors (Lipinski definition) is 0. The Morgan fingerprint density at radius 1 is 1.19 bits per heavy atom. The predicted molar refractivity (Wildman–Crippen MR) is 106 cm³/mol. The average Bonchev–Trinajstić information content (AvgIpc) is 2.56. The van der Waals surface area contributed by atoms with Crippen LogP contribution in [0.25, 0.3) is 0 Å². The first-order valence-corrected chi connectivity index (χ1v) is 8.84. The van der Waals surface area contributed by atoms with E-state index in [2.05, 4.69) is 26.5 Å². The fraction of sp³-hybridized carbons (Fsp3) is 0.500. The molecule has 1 rings (SSSR count). The second-order valence-corrected chi connectivity index (χ2v) is 6.93. The van der Waals surface area contributed by atoms with Crippen LogP contribution in [0.5, 0.6) is 11.5 Å². The second-order valence-electron chi connectivity index (χ2n) is 6.93. The minimum absolute atomic E-state index is 0.0185. The summed E-state index contributed by atoms with van der Waals surface area (Å²) in [6.07, 6.45) is 3.87. The van der Waals surface area contributed by atoms with Gasteiger partial charge in [0.15, 0.2) is 12.6 Å². The second kappa shape index (κ2) is 10.2.